The number of phenols is 3. The van der Waals surface area contributed by atoms with Crippen LogP contribution in [0.3, 0.4) is 0 Å². The molecule has 5 rings (SSSR count). The average Bonchev–Trinajstić information content (AvgIpc) is 2.93. The second kappa shape index (κ2) is 11.4. The summed E-state index contributed by atoms with van der Waals surface area (Å²) in [4.78, 5) is 7.72. The molecule has 1 atom stereocenters. The van der Waals surface area contributed by atoms with Crippen LogP contribution in [0.15, 0.2) is 60.7 Å². The number of phenolic OH excluding ortho intramolecular Hbond substituents is 3. The molecule has 0 bridgehead atoms. The first-order valence-corrected chi connectivity index (χ1v) is 13.7. The van der Waals surface area contributed by atoms with Crippen molar-refractivity contribution < 1.29 is 15.3 Å². The quantitative estimate of drug-likeness (QED) is 0.383. The molecule has 0 amide bonds. The summed E-state index contributed by atoms with van der Waals surface area (Å²) < 4.78 is 0. The maximum Gasteiger partial charge on any atom is 0.158 e. The highest BCUT2D eigenvalue weighted by Gasteiger charge is 2.26. The van der Waals surface area contributed by atoms with Crippen LogP contribution in [0.1, 0.15) is 30.9 Å². The number of piperazine rings is 1. The average molecular weight is 502 g/mol. The highest BCUT2D eigenvalue weighted by Crippen LogP contribution is 2.32. The minimum atomic E-state index is -0.0968. The van der Waals surface area contributed by atoms with Gasteiger partial charge in [-0.3, -0.25) is 9.80 Å². The normalized spacial score (nSPS) is 18.2. The Morgan fingerprint density at radius 1 is 0.811 bits per heavy atom. The Kier molecular flexibility index (Phi) is 7.87. The van der Waals surface area contributed by atoms with E-state index in [1.165, 1.54) is 17.3 Å². The zero-order chi connectivity index (χ0) is 25.8. The molecule has 6 nitrogen and oxygen atoms in total. The van der Waals surface area contributed by atoms with Crippen molar-refractivity contribution in [2.75, 3.05) is 50.7 Å². The maximum absolute atomic E-state index is 10.2. The largest absolute Gasteiger partial charge is 0.508 e. The van der Waals surface area contributed by atoms with E-state index in [9.17, 15) is 15.3 Å². The van der Waals surface area contributed by atoms with E-state index in [1.54, 1.807) is 6.07 Å². The summed E-state index contributed by atoms with van der Waals surface area (Å²) in [6.07, 6.45) is 4.30. The molecule has 0 aromatic heterocycles. The summed E-state index contributed by atoms with van der Waals surface area (Å²) in [5.74, 6) is 0.272. The van der Waals surface area contributed by atoms with E-state index in [1.807, 2.05) is 18.2 Å². The summed E-state index contributed by atoms with van der Waals surface area (Å²) in [5, 5.41) is 29.6. The van der Waals surface area contributed by atoms with E-state index in [2.05, 4.69) is 52.0 Å². The van der Waals surface area contributed by atoms with E-state index in [4.69, 9.17) is 0 Å². The SMILES string of the molecule is CCCN(CCN1CCN(c2ccc(-c3ccc(O)c(O)c3)cc2)CC1)[C@@H]1CCc2c(O)cccc2C1. The van der Waals surface area contributed by atoms with Gasteiger partial charge in [0.25, 0.3) is 0 Å². The Balaban J connectivity index is 1.13. The molecule has 1 heterocycles. The molecule has 1 aliphatic heterocycles. The summed E-state index contributed by atoms with van der Waals surface area (Å²) >= 11 is 0. The number of benzene rings is 3. The van der Waals surface area contributed by atoms with Gasteiger partial charge in [-0.15, -0.1) is 0 Å². The molecular formula is C31H39N3O3. The fraction of sp³-hybridized carbons (Fsp3) is 0.419. The predicted octanol–water partition coefficient (Wildman–Crippen LogP) is 4.86. The first-order valence-electron chi connectivity index (χ1n) is 13.7. The van der Waals surface area contributed by atoms with Crippen molar-refractivity contribution in [3.8, 4) is 28.4 Å². The van der Waals surface area contributed by atoms with Crippen molar-refractivity contribution in [2.45, 2.75) is 38.6 Å². The van der Waals surface area contributed by atoms with Crippen molar-refractivity contribution in [1.29, 1.82) is 0 Å². The Bertz CT molecular complexity index is 1190. The summed E-state index contributed by atoms with van der Waals surface area (Å²) in [5.41, 5.74) is 5.61. The van der Waals surface area contributed by atoms with E-state index in [-0.39, 0.29) is 11.5 Å². The van der Waals surface area contributed by atoms with Crippen molar-refractivity contribution in [3.63, 3.8) is 0 Å². The molecule has 0 unspecified atom stereocenters. The summed E-state index contributed by atoms with van der Waals surface area (Å²) in [7, 11) is 0. The van der Waals surface area contributed by atoms with E-state index < -0.39 is 0 Å². The van der Waals surface area contributed by atoms with Crippen LogP contribution < -0.4 is 4.90 Å². The van der Waals surface area contributed by atoms with Crippen LogP contribution in [0.4, 0.5) is 5.69 Å². The maximum atomic E-state index is 10.2. The molecule has 1 aliphatic carbocycles. The van der Waals surface area contributed by atoms with E-state index >= 15 is 0 Å². The number of fused-ring (bicyclic) bond motifs is 1. The smallest absolute Gasteiger partial charge is 0.158 e. The minimum Gasteiger partial charge on any atom is -0.508 e. The van der Waals surface area contributed by atoms with Gasteiger partial charge >= 0.3 is 0 Å². The van der Waals surface area contributed by atoms with Gasteiger partial charge in [-0.2, -0.15) is 0 Å². The lowest BCUT2D eigenvalue weighted by molar-refractivity contribution is 0.145. The minimum absolute atomic E-state index is 0.0946. The van der Waals surface area contributed by atoms with Gasteiger partial charge in [-0.25, -0.2) is 0 Å². The molecule has 6 heteroatoms. The van der Waals surface area contributed by atoms with Gasteiger partial charge in [-0.05, 0) is 84.8 Å². The zero-order valence-corrected chi connectivity index (χ0v) is 21.8. The topological polar surface area (TPSA) is 70.4 Å². The van der Waals surface area contributed by atoms with Gasteiger partial charge < -0.3 is 20.2 Å². The van der Waals surface area contributed by atoms with E-state index in [0.29, 0.717) is 11.8 Å². The molecule has 1 fully saturated rings. The lowest BCUT2D eigenvalue weighted by atomic mass is 9.87. The Labute approximate surface area is 220 Å². The molecule has 37 heavy (non-hydrogen) atoms. The summed E-state index contributed by atoms with van der Waals surface area (Å²) in [6, 6.07) is 19.9. The van der Waals surface area contributed by atoms with Crippen LogP contribution >= 0.6 is 0 Å². The van der Waals surface area contributed by atoms with Gasteiger partial charge in [-0.1, -0.05) is 37.3 Å². The monoisotopic (exact) mass is 501 g/mol. The Morgan fingerprint density at radius 2 is 1.57 bits per heavy atom. The molecular weight excluding hydrogens is 462 g/mol. The zero-order valence-electron chi connectivity index (χ0n) is 21.8. The molecule has 3 N–H and O–H groups in total. The molecule has 1 saturated heterocycles. The molecule has 3 aromatic carbocycles. The van der Waals surface area contributed by atoms with Crippen LogP contribution in [0, 0.1) is 0 Å². The number of hydrogen-bond acceptors (Lipinski definition) is 6. The van der Waals surface area contributed by atoms with Crippen molar-refractivity contribution in [1.82, 2.24) is 9.80 Å². The number of rotatable bonds is 8. The van der Waals surface area contributed by atoms with Gasteiger partial charge in [0.2, 0.25) is 0 Å². The van der Waals surface area contributed by atoms with Crippen LogP contribution in [0.2, 0.25) is 0 Å². The fourth-order valence-corrected chi connectivity index (χ4v) is 5.91. The second-order valence-corrected chi connectivity index (χ2v) is 10.4. The molecule has 2 aliphatic rings. The Morgan fingerprint density at radius 3 is 2.30 bits per heavy atom. The third-order valence-electron chi connectivity index (χ3n) is 8.08. The predicted molar refractivity (Wildman–Crippen MR) is 150 cm³/mol. The summed E-state index contributed by atoms with van der Waals surface area (Å²) in [6.45, 7) is 9.76. The number of nitrogens with zero attached hydrogens (tertiary/aromatic N) is 3. The third kappa shape index (κ3) is 5.86. The lowest BCUT2D eigenvalue weighted by Gasteiger charge is -2.39. The first kappa shape index (κ1) is 25.4. The van der Waals surface area contributed by atoms with Gasteiger partial charge in [0, 0.05) is 51.0 Å². The molecule has 3 aromatic rings. The molecule has 0 saturated carbocycles. The van der Waals surface area contributed by atoms with Crippen LogP contribution in [0.25, 0.3) is 11.1 Å². The van der Waals surface area contributed by atoms with Gasteiger partial charge in [0.15, 0.2) is 11.5 Å². The molecule has 0 spiro atoms. The third-order valence-corrected chi connectivity index (χ3v) is 8.08. The highest BCUT2D eigenvalue weighted by atomic mass is 16.3. The van der Waals surface area contributed by atoms with E-state index in [0.717, 1.165) is 88.2 Å². The van der Waals surface area contributed by atoms with Crippen LogP contribution in [-0.4, -0.2) is 77.0 Å². The van der Waals surface area contributed by atoms with Crippen molar-refractivity contribution in [3.05, 3.63) is 71.8 Å². The van der Waals surface area contributed by atoms with Crippen molar-refractivity contribution in [2.24, 2.45) is 0 Å². The van der Waals surface area contributed by atoms with Crippen molar-refractivity contribution >= 4 is 5.69 Å². The lowest BCUT2D eigenvalue weighted by Crippen LogP contribution is -2.50. The molecule has 196 valence electrons. The van der Waals surface area contributed by atoms with Crippen LogP contribution in [-0.2, 0) is 12.8 Å². The molecule has 0 radical (unpaired) electrons. The number of aromatic hydroxyl groups is 3. The van der Waals surface area contributed by atoms with Crippen LogP contribution in [0.5, 0.6) is 17.2 Å². The number of hydrogen-bond donors (Lipinski definition) is 3. The van der Waals surface area contributed by atoms with Gasteiger partial charge in [0.05, 0.1) is 0 Å². The highest BCUT2D eigenvalue weighted by molar-refractivity contribution is 5.69. The second-order valence-electron chi connectivity index (χ2n) is 10.4. The van der Waals surface area contributed by atoms with Gasteiger partial charge in [0.1, 0.15) is 5.75 Å². The first-order chi connectivity index (χ1) is 18.0. The Hall–Kier alpha value is -3.22. The standard InChI is InChI=1S/C31H39N3O3/c1-2-14-33(27-11-12-28-25(21-27)4-3-5-29(28)35)18-15-32-16-19-34(20-17-32)26-9-6-23(7-10-26)24-8-13-30(36)31(37)22-24/h3-10,13,22,27,35-37H,2,11-12,14-21H2,1H3/t27-/m1/s1. The fourth-order valence-electron chi connectivity index (χ4n) is 5.91. The number of anilines is 1.